The van der Waals surface area contributed by atoms with E-state index in [0.29, 0.717) is 29.7 Å². The number of carbonyl (C=O) groups excluding carboxylic acids is 1. The van der Waals surface area contributed by atoms with Gasteiger partial charge in [-0.1, -0.05) is 47.6 Å². The minimum absolute atomic E-state index is 0.000895. The van der Waals surface area contributed by atoms with Gasteiger partial charge < -0.3 is 9.84 Å². The van der Waals surface area contributed by atoms with Gasteiger partial charge in [-0.3, -0.25) is 4.79 Å². The van der Waals surface area contributed by atoms with Crippen molar-refractivity contribution < 1.29 is 26.9 Å². The smallest absolute Gasteiger partial charge is 0.349 e. The molecule has 1 fully saturated rings. The van der Waals surface area contributed by atoms with E-state index in [4.69, 9.17) is 4.52 Å². The number of hydrogen-bond acceptors (Lipinski definition) is 5. The Balaban J connectivity index is 1.40. The summed E-state index contributed by atoms with van der Waals surface area (Å²) in [5.74, 6) is -0.461. The first-order chi connectivity index (χ1) is 17.2. The normalized spacial score (nSPS) is 17.8. The number of aromatic nitrogens is 2. The molecule has 184 valence electrons. The molecule has 1 aliphatic heterocycles. The fourth-order valence-electron chi connectivity index (χ4n) is 4.22. The van der Waals surface area contributed by atoms with Crippen LogP contribution in [0.4, 0.5) is 17.6 Å². The van der Waals surface area contributed by atoms with E-state index in [0.717, 1.165) is 17.7 Å². The summed E-state index contributed by atoms with van der Waals surface area (Å²) in [6.07, 6.45) is -1.58. The van der Waals surface area contributed by atoms with Crippen LogP contribution in [-0.2, 0) is 11.0 Å². The van der Waals surface area contributed by atoms with Crippen molar-refractivity contribution >= 4 is 17.2 Å². The summed E-state index contributed by atoms with van der Waals surface area (Å²) < 4.78 is 59.7. The number of amides is 1. The van der Waals surface area contributed by atoms with Crippen LogP contribution < -0.4 is 5.32 Å². The van der Waals surface area contributed by atoms with Crippen LogP contribution in [0, 0.1) is 11.7 Å². The van der Waals surface area contributed by atoms with Crippen molar-refractivity contribution in [3.8, 4) is 33.3 Å². The largest absolute Gasteiger partial charge is 0.426 e. The van der Waals surface area contributed by atoms with Crippen molar-refractivity contribution in [1.29, 1.82) is 0 Å². The summed E-state index contributed by atoms with van der Waals surface area (Å²) in [4.78, 5) is 15.7. The SMILES string of the molecule is C=CCC1CC(c2ccc(-c3noc(-c4cc(-c5ccc(F)cc5)c(C(F)(F)F)s4)n3)cc2)NC1=O. The number of benzene rings is 2. The molecule has 1 saturated heterocycles. The van der Waals surface area contributed by atoms with Crippen LogP contribution in [0.5, 0.6) is 0 Å². The molecule has 5 rings (SSSR count). The molecule has 0 spiro atoms. The van der Waals surface area contributed by atoms with Crippen LogP contribution >= 0.6 is 11.3 Å². The molecule has 2 unspecified atom stereocenters. The Morgan fingerprint density at radius 3 is 2.47 bits per heavy atom. The molecular formula is C26H19F4N3O2S. The Bertz CT molecular complexity index is 1410. The van der Waals surface area contributed by atoms with E-state index in [1.165, 1.54) is 18.2 Å². The molecule has 2 atom stereocenters. The van der Waals surface area contributed by atoms with Crippen molar-refractivity contribution in [2.75, 3.05) is 0 Å². The third kappa shape index (κ3) is 4.68. The third-order valence-corrected chi connectivity index (χ3v) is 7.18. The molecule has 0 aliphatic carbocycles. The molecule has 1 aliphatic rings. The van der Waals surface area contributed by atoms with Crippen LogP contribution in [0.15, 0.2) is 71.8 Å². The highest BCUT2D eigenvalue weighted by Crippen LogP contribution is 2.45. The lowest BCUT2D eigenvalue weighted by molar-refractivity contribution is -0.133. The van der Waals surface area contributed by atoms with Crippen LogP contribution in [0.3, 0.4) is 0 Å². The van der Waals surface area contributed by atoms with Gasteiger partial charge in [-0.25, -0.2) is 4.39 Å². The number of nitrogens with zero attached hydrogens (tertiary/aromatic N) is 2. The van der Waals surface area contributed by atoms with Gasteiger partial charge in [0.1, 0.15) is 10.7 Å². The summed E-state index contributed by atoms with van der Waals surface area (Å²) in [5, 5.41) is 6.91. The molecule has 36 heavy (non-hydrogen) atoms. The topological polar surface area (TPSA) is 68.0 Å². The van der Waals surface area contributed by atoms with E-state index in [-0.39, 0.29) is 45.6 Å². The third-order valence-electron chi connectivity index (χ3n) is 6.01. The second-order valence-electron chi connectivity index (χ2n) is 8.42. The van der Waals surface area contributed by atoms with E-state index < -0.39 is 16.9 Å². The molecule has 0 radical (unpaired) electrons. The molecule has 10 heteroatoms. The summed E-state index contributed by atoms with van der Waals surface area (Å²) in [6, 6.07) is 13.3. The van der Waals surface area contributed by atoms with Crippen LogP contribution in [-0.4, -0.2) is 16.0 Å². The second kappa shape index (κ2) is 9.34. The monoisotopic (exact) mass is 513 g/mol. The van der Waals surface area contributed by atoms with Crippen molar-refractivity contribution in [3.63, 3.8) is 0 Å². The van der Waals surface area contributed by atoms with Crippen molar-refractivity contribution in [2.45, 2.75) is 25.1 Å². The Morgan fingerprint density at radius 1 is 1.11 bits per heavy atom. The zero-order valence-corrected chi connectivity index (χ0v) is 19.5. The summed E-state index contributed by atoms with van der Waals surface area (Å²) in [7, 11) is 0. The summed E-state index contributed by atoms with van der Waals surface area (Å²) in [5.41, 5.74) is 1.70. The Kier molecular flexibility index (Phi) is 6.21. The molecule has 4 aromatic rings. The molecule has 1 N–H and O–H groups in total. The molecule has 2 aromatic carbocycles. The maximum Gasteiger partial charge on any atom is 0.426 e. The molecule has 0 saturated carbocycles. The van der Waals surface area contributed by atoms with Crippen LogP contribution in [0.25, 0.3) is 33.3 Å². The lowest BCUT2D eigenvalue weighted by Gasteiger charge is -2.10. The Morgan fingerprint density at radius 2 is 1.81 bits per heavy atom. The van der Waals surface area contributed by atoms with Crippen molar-refractivity contribution in [2.24, 2.45) is 5.92 Å². The number of allylic oxidation sites excluding steroid dienone is 1. The number of alkyl halides is 3. The summed E-state index contributed by atoms with van der Waals surface area (Å²) >= 11 is 0.488. The van der Waals surface area contributed by atoms with Gasteiger partial charge in [0.25, 0.3) is 5.89 Å². The first-order valence-electron chi connectivity index (χ1n) is 11.1. The quantitative estimate of drug-likeness (QED) is 0.222. The fraction of sp³-hybridized carbons (Fsp3) is 0.192. The predicted molar refractivity (Wildman–Crippen MR) is 127 cm³/mol. The van der Waals surface area contributed by atoms with Crippen LogP contribution in [0.2, 0.25) is 0 Å². The van der Waals surface area contributed by atoms with Gasteiger partial charge in [-0.15, -0.1) is 17.9 Å². The minimum atomic E-state index is -4.61. The molecular weight excluding hydrogens is 494 g/mol. The molecule has 2 aromatic heterocycles. The highest BCUT2D eigenvalue weighted by molar-refractivity contribution is 7.16. The first-order valence-corrected chi connectivity index (χ1v) is 11.9. The predicted octanol–water partition coefficient (Wildman–Crippen LogP) is 7.04. The van der Waals surface area contributed by atoms with Crippen molar-refractivity contribution in [1.82, 2.24) is 15.5 Å². The molecule has 1 amide bonds. The van der Waals surface area contributed by atoms with Gasteiger partial charge in [-0.2, -0.15) is 18.2 Å². The molecule has 0 bridgehead atoms. The van der Waals surface area contributed by atoms with Gasteiger partial charge in [-0.05, 0) is 42.2 Å². The number of rotatable bonds is 6. The molecule has 5 nitrogen and oxygen atoms in total. The number of halogens is 4. The van der Waals surface area contributed by atoms with Crippen LogP contribution in [0.1, 0.15) is 29.3 Å². The first kappa shape index (κ1) is 23.9. The minimum Gasteiger partial charge on any atom is -0.349 e. The van der Waals surface area contributed by atoms with E-state index in [2.05, 4.69) is 22.0 Å². The van der Waals surface area contributed by atoms with E-state index in [1.54, 1.807) is 18.2 Å². The zero-order chi connectivity index (χ0) is 25.4. The van der Waals surface area contributed by atoms with Gasteiger partial charge in [0.05, 0.1) is 10.9 Å². The number of thiophene rings is 1. The van der Waals surface area contributed by atoms with E-state index >= 15 is 0 Å². The number of nitrogens with one attached hydrogen (secondary N) is 1. The highest BCUT2D eigenvalue weighted by Gasteiger charge is 2.37. The highest BCUT2D eigenvalue weighted by atomic mass is 32.1. The number of hydrogen-bond donors (Lipinski definition) is 1. The Hall–Kier alpha value is -3.79. The average Bonchev–Trinajstić information content (AvgIpc) is 3.58. The van der Waals surface area contributed by atoms with Gasteiger partial charge in [0.15, 0.2) is 0 Å². The van der Waals surface area contributed by atoms with E-state index in [9.17, 15) is 22.4 Å². The Labute approximate surface area is 207 Å². The lowest BCUT2D eigenvalue weighted by Crippen LogP contribution is -2.21. The average molecular weight is 514 g/mol. The number of carbonyl (C=O) groups is 1. The van der Waals surface area contributed by atoms with Gasteiger partial charge in [0, 0.05) is 17.0 Å². The van der Waals surface area contributed by atoms with Gasteiger partial charge in [0.2, 0.25) is 11.7 Å². The second-order valence-corrected chi connectivity index (χ2v) is 9.47. The fourth-order valence-corrected chi connectivity index (χ4v) is 5.19. The lowest BCUT2D eigenvalue weighted by atomic mass is 9.97. The van der Waals surface area contributed by atoms with E-state index in [1.807, 2.05) is 12.1 Å². The van der Waals surface area contributed by atoms with Crippen molar-refractivity contribution in [3.05, 3.63) is 83.5 Å². The zero-order valence-electron chi connectivity index (χ0n) is 18.7. The van der Waals surface area contributed by atoms with Gasteiger partial charge >= 0.3 is 6.18 Å². The maximum absolute atomic E-state index is 13.7. The molecule has 3 heterocycles. The maximum atomic E-state index is 13.7. The summed E-state index contributed by atoms with van der Waals surface area (Å²) in [6.45, 7) is 3.69. The standard InChI is InChI=1S/C26H19F4N3O2S/c1-2-3-17-12-20(31-24(17)34)15-4-6-16(7-5-15)23-32-25(35-33-23)21-13-19(22(36-21)26(28,29)30)14-8-10-18(27)11-9-14/h2,4-11,13,17,20H,1,3,12H2,(H,31,34).